The van der Waals surface area contributed by atoms with Gasteiger partial charge in [-0.15, -0.1) is 24.8 Å². The molecule has 2 atom stereocenters. The topological polar surface area (TPSA) is 57.0 Å². The number of likely N-dealkylation sites (tertiary alicyclic amines) is 1. The van der Waals surface area contributed by atoms with Crippen molar-refractivity contribution in [2.24, 2.45) is 0 Å². The van der Waals surface area contributed by atoms with Crippen LogP contribution in [0.2, 0.25) is 0 Å². The minimum atomic E-state index is -3.10. The van der Waals surface area contributed by atoms with E-state index in [1.807, 2.05) is 13.0 Å². The van der Waals surface area contributed by atoms with Crippen LogP contribution in [0.3, 0.4) is 0 Å². The first-order chi connectivity index (χ1) is 10.7. The standard InChI is InChI=1S/C16H29N3O3S.2ClH/c1-13-7-8-16(22-13)14-11-19(12-15(14)17(2)3)9-6-10-23(20,21)18(4)5;;/h7-8,14-15H,6,9-12H2,1-5H3;2*1H/t14-,15-;;/m0../s1. The van der Waals surface area contributed by atoms with Gasteiger partial charge in [0.1, 0.15) is 11.5 Å². The number of halogens is 2. The smallest absolute Gasteiger partial charge is 0.213 e. The second-order valence-corrected chi connectivity index (χ2v) is 9.10. The van der Waals surface area contributed by atoms with E-state index < -0.39 is 10.0 Å². The molecule has 0 aromatic carbocycles. The minimum Gasteiger partial charge on any atom is -0.466 e. The van der Waals surface area contributed by atoms with E-state index in [2.05, 4.69) is 30.0 Å². The van der Waals surface area contributed by atoms with Crippen LogP contribution in [0.5, 0.6) is 0 Å². The number of likely N-dealkylation sites (N-methyl/N-ethyl adjacent to an activating group) is 1. The SMILES string of the molecule is Cc1ccc([C@H]2CN(CCCS(=O)(=O)N(C)C)C[C@@H]2N(C)C)o1.Cl.Cl. The Hall–Kier alpha value is -0.310. The van der Waals surface area contributed by atoms with Gasteiger partial charge in [0, 0.05) is 39.1 Å². The van der Waals surface area contributed by atoms with Gasteiger partial charge in [-0.1, -0.05) is 0 Å². The van der Waals surface area contributed by atoms with Crippen LogP contribution in [-0.2, 0) is 10.0 Å². The highest BCUT2D eigenvalue weighted by molar-refractivity contribution is 7.89. The lowest BCUT2D eigenvalue weighted by atomic mass is 10.0. The lowest BCUT2D eigenvalue weighted by molar-refractivity contribution is 0.256. The summed E-state index contributed by atoms with van der Waals surface area (Å²) in [7, 11) is 4.25. The summed E-state index contributed by atoms with van der Waals surface area (Å²) in [5.41, 5.74) is 0. The molecule has 0 bridgehead atoms. The summed E-state index contributed by atoms with van der Waals surface area (Å²) in [5.74, 6) is 2.51. The van der Waals surface area contributed by atoms with Crippen molar-refractivity contribution in [2.75, 3.05) is 53.6 Å². The summed E-state index contributed by atoms with van der Waals surface area (Å²) >= 11 is 0. The molecule has 0 saturated carbocycles. The molecule has 0 aliphatic carbocycles. The predicted octanol–water partition coefficient (Wildman–Crippen LogP) is 2.04. The third-order valence-corrected chi connectivity index (χ3v) is 6.50. The molecule has 148 valence electrons. The first-order valence-corrected chi connectivity index (χ1v) is 9.67. The Balaban J connectivity index is 0.00000288. The van der Waals surface area contributed by atoms with Gasteiger partial charge >= 0.3 is 0 Å². The highest BCUT2D eigenvalue weighted by atomic mass is 35.5. The Bertz CT molecular complexity index is 620. The molecule has 0 unspecified atom stereocenters. The summed E-state index contributed by atoms with van der Waals surface area (Å²) in [4.78, 5) is 4.58. The van der Waals surface area contributed by atoms with E-state index in [9.17, 15) is 8.42 Å². The predicted molar refractivity (Wildman–Crippen MR) is 107 cm³/mol. The maximum absolute atomic E-state index is 11.8. The Labute approximate surface area is 164 Å². The largest absolute Gasteiger partial charge is 0.466 e. The van der Waals surface area contributed by atoms with Crippen LogP contribution < -0.4 is 0 Å². The van der Waals surface area contributed by atoms with Crippen molar-refractivity contribution < 1.29 is 12.8 Å². The van der Waals surface area contributed by atoms with Crippen molar-refractivity contribution in [1.82, 2.24) is 14.1 Å². The second-order valence-electron chi connectivity index (χ2n) is 6.80. The Kier molecular flexibility index (Phi) is 10.0. The molecular formula is C16H31Cl2N3O3S. The average Bonchev–Trinajstić information content (AvgIpc) is 3.04. The van der Waals surface area contributed by atoms with Crippen LogP contribution in [0.15, 0.2) is 16.5 Å². The van der Waals surface area contributed by atoms with E-state index in [4.69, 9.17) is 4.42 Å². The number of aryl methyl sites for hydroxylation is 1. The van der Waals surface area contributed by atoms with E-state index >= 15 is 0 Å². The van der Waals surface area contributed by atoms with Gasteiger partial charge in [0.2, 0.25) is 10.0 Å². The van der Waals surface area contributed by atoms with Gasteiger partial charge in [0.15, 0.2) is 0 Å². The van der Waals surface area contributed by atoms with Crippen molar-refractivity contribution in [1.29, 1.82) is 0 Å². The van der Waals surface area contributed by atoms with E-state index in [1.165, 1.54) is 4.31 Å². The summed E-state index contributed by atoms with van der Waals surface area (Å²) in [5, 5.41) is 0. The monoisotopic (exact) mass is 415 g/mol. The number of sulfonamides is 1. The molecule has 1 aromatic heterocycles. The van der Waals surface area contributed by atoms with Gasteiger partial charge in [-0.3, -0.25) is 0 Å². The lowest BCUT2D eigenvalue weighted by Crippen LogP contribution is -2.34. The van der Waals surface area contributed by atoms with E-state index in [0.717, 1.165) is 31.2 Å². The molecule has 0 radical (unpaired) electrons. The fourth-order valence-electron chi connectivity index (χ4n) is 3.16. The van der Waals surface area contributed by atoms with Crippen molar-refractivity contribution in [3.8, 4) is 0 Å². The van der Waals surface area contributed by atoms with E-state index in [1.54, 1.807) is 14.1 Å². The lowest BCUT2D eigenvalue weighted by Gasteiger charge is -2.24. The summed E-state index contributed by atoms with van der Waals surface area (Å²) < 4.78 is 30.8. The molecule has 2 rings (SSSR count). The molecule has 0 spiro atoms. The van der Waals surface area contributed by atoms with Gasteiger partial charge in [0.05, 0.1) is 5.75 Å². The molecule has 0 amide bonds. The fourth-order valence-corrected chi connectivity index (χ4v) is 4.02. The summed E-state index contributed by atoms with van der Waals surface area (Å²) in [6.07, 6.45) is 0.657. The summed E-state index contributed by atoms with van der Waals surface area (Å²) in [6.45, 7) is 4.62. The molecule has 25 heavy (non-hydrogen) atoms. The zero-order valence-corrected chi connectivity index (χ0v) is 18.1. The van der Waals surface area contributed by atoms with Crippen molar-refractivity contribution >= 4 is 34.8 Å². The molecule has 2 heterocycles. The van der Waals surface area contributed by atoms with E-state index in [0.29, 0.717) is 18.4 Å². The molecule has 1 saturated heterocycles. The fraction of sp³-hybridized carbons (Fsp3) is 0.750. The highest BCUT2D eigenvalue weighted by Crippen LogP contribution is 2.31. The Morgan fingerprint density at radius 1 is 1.16 bits per heavy atom. The number of furan rings is 1. The second kappa shape index (κ2) is 10.1. The Morgan fingerprint density at radius 2 is 1.80 bits per heavy atom. The molecule has 0 N–H and O–H groups in total. The van der Waals surface area contributed by atoms with Gasteiger partial charge in [-0.25, -0.2) is 12.7 Å². The molecule has 1 fully saturated rings. The number of hydrogen-bond donors (Lipinski definition) is 0. The van der Waals surface area contributed by atoms with Crippen molar-refractivity contribution in [2.45, 2.75) is 25.3 Å². The highest BCUT2D eigenvalue weighted by Gasteiger charge is 2.36. The van der Waals surface area contributed by atoms with Gasteiger partial charge in [0.25, 0.3) is 0 Å². The zero-order valence-electron chi connectivity index (χ0n) is 15.6. The Morgan fingerprint density at radius 3 is 2.28 bits per heavy atom. The van der Waals surface area contributed by atoms with Gasteiger partial charge < -0.3 is 14.2 Å². The van der Waals surface area contributed by atoms with Crippen LogP contribution >= 0.6 is 24.8 Å². The van der Waals surface area contributed by atoms with Crippen LogP contribution in [0.25, 0.3) is 0 Å². The molecular weight excluding hydrogens is 385 g/mol. The quantitative estimate of drug-likeness (QED) is 0.681. The number of hydrogen-bond acceptors (Lipinski definition) is 5. The average molecular weight is 416 g/mol. The maximum atomic E-state index is 11.8. The number of rotatable bonds is 7. The van der Waals surface area contributed by atoms with Crippen LogP contribution in [0.1, 0.15) is 23.9 Å². The first kappa shape index (κ1) is 24.7. The molecule has 1 aliphatic rings. The van der Waals surface area contributed by atoms with Crippen molar-refractivity contribution in [3.05, 3.63) is 23.7 Å². The third kappa shape index (κ3) is 6.41. The molecule has 1 aliphatic heterocycles. The molecule has 6 nitrogen and oxygen atoms in total. The normalized spacial score (nSPS) is 21.4. The summed E-state index contributed by atoms with van der Waals surface area (Å²) in [6, 6.07) is 4.47. The minimum absolute atomic E-state index is 0. The zero-order chi connectivity index (χ0) is 17.2. The van der Waals surface area contributed by atoms with Crippen LogP contribution in [0.4, 0.5) is 0 Å². The first-order valence-electron chi connectivity index (χ1n) is 8.06. The molecule has 9 heteroatoms. The van der Waals surface area contributed by atoms with E-state index in [-0.39, 0.29) is 30.6 Å². The van der Waals surface area contributed by atoms with Gasteiger partial charge in [-0.05, 0) is 46.1 Å². The van der Waals surface area contributed by atoms with Crippen LogP contribution in [0, 0.1) is 6.92 Å². The van der Waals surface area contributed by atoms with Crippen molar-refractivity contribution in [3.63, 3.8) is 0 Å². The molecule has 1 aromatic rings. The number of nitrogens with zero attached hydrogens (tertiary/aromatic N) is 3. The third-order valence-electron chi connectivity index (χ3n) is 4.59. The van der Waals surface area contributed by atoms with Crippen LogP contribution in [-0.4, -0.2) is 82.1 Å². The van der Waals surface area contributed by atoms with Gasteiger partial charge in [-0.2, -0.15) is 0 Å². The maximum Gasteiger partial charge on any atom is 0.213 e.